The van der Waals surface area contributed by atoms with Crippen LogP contribution in [-0.2, 0) is 6.42 Å². The fraction of sp³-hybridized carbons (Fsp3) is 0.435. The van der Waals surface area contributed by atoms with E-state index in [0.717, 1.165) is 41.6 Å². The van der Waals surface area contributed by atoms with Gasteiger partial charge < -0.3 is 25.0 Å². The summed E-state index contributed by atoms with van der Waals surface area (Å²) in [5.41, 5.74) is 3.53. The molecule has 0 aliphatic heterocycles. The summed E-state index contributed by atoms with van der Waals surface area (Å²) in [7, 11) is 9.34. The number of para-hydroxylation sites is 1. The second-order valence-corrected chi connectivity index (χ2v) is 7.16. The number of aryl methyl sites for hydroxylation is 1. The Kier molecular flexibility index (Phi) is 11.6. The van der Waals surface area contributed by atoms with Gasteiger partial charge >= 0.3 is 0 Å². The lowest BCUT2D eigenvalue weighted by Crippen LogP contribution is -2.42. The first-order valence-corrected chi connectivity index (χ1v) is 9.87. The summed E-state index contributed by atoms with van der Waals surface area (Å²) in [5.74, 6) is 2.60. The highest BCUT2D eigenvalue weighted by Crippen LogP contribution is 2.27. The molecule has 30 heavy (non-hydrogen) atoms. The predicted molar refractivity (Wildman–Crippen MR) is 136 cm³/mol. The van der Waals surface area contributed by atoms with Gasteiger partial charge in [-0.3, -0.25) is 4.99 Å². The normalized spacial score (nSPS) is 12.2. The van der Waals surface area contributed by atoms with E-state index in [1.54, 1.807) is 21.3 Å². The summed E-state index contributed by atoms with van der Waals surface area (Å²) in [5, 5.41) is 6.83. The highest BCUT2D eigenvalue weighted by atomic mass is 127. The van der Waals surface area contributed by atoms with Crippen LogP contribution < -0.4 is 20.1 Å². The van der Waals surface area contributed by atoms with Crippen LogP contribution in [0.15, 0.2) is 47.5 Å². The third kappa shape index (κ3) is 7.36. The molecule has 6 nitrogen and oxygen atoms in total. The maximum atomic E-state index is 5.54. The van der Waals surface area contributed by atoms with Crippen molar-refractivity contribution in [3.63, 3.8) is 0 Å². The monoisotopic (exact) mass is 526 g/mol. The average Bonchev–Trinajstić information content (AvgIpc) is 2.73. The number of likely N-dealkylation sites (N-methyl/N-ethyl adjacent to an activating group) is 1. The Hall–Kier alpha value is -2.00. The lowest BCUT2D eigenvalue weighted by molar-refractivity contribution is 0.288. The number of hydrogen-bond donors (Lipinski definition) is 2. The molecular formula is C23H35IN4O2. The minimum atomic E-state index is 0. The molecule has 0 spiro atoms. The number of rotatable bonds is 9. The van der Waals surface area contributed by atoms with E-state index in [-0.39, 0.29) is 30.0 Å². The molecule has 1 atom stereocenters. The van der Waals surface area contributed by atoms with Gasteiger partial charge in [0.05, 0.1) is 20.3 Å². The average molecular weight is 526 g/mol. The maximum Gasteiger partial charge on any atom is 0.191 e. The summed E-state index contributed by atoms with van der Waals surface area (Å²) >= 11 is 0. The summed E-state index contributed by atoms with van der Waals surface area (Å²) in [6, 6.07) is 14.6. The maximum absolute atomic E-state index is 5.54. The topological polar surface area (TPSA) is 58.1 Å². The van der Waals surface area contributed by atoms with E-state index in [0.29, 0.717) is 6.54 Å². The zero-order chi connectivity index (χ0) is 21.2. The number of nitrogens with one attached hydrogen (secondary N) is 2. The highest BCUT2D eigenvalue weighted by Gasteiger charge is 2.18. The Morgan fingerprint density at radius 3 is 2.37 bits per heavy atom. The number of aliphatic imine (C=N–C) groups is 1. The van der Waals surface area contributed by atoms with Gasteiger partial charge in [0.1, 0.15) is 11.5 Å². The van der Waals surface area contributed by atoms with Crippen LogP contribution >= 0.6 is 24.0 Å². The summed E-state index contributed by atoms with van der Waals surface area (Å²) in [6.45, 7) is 3.55. The third-order valence-electron chi connectivity index (χ3n) is 4.99. The zero-order valence-electron chi connectivity index (χ0n) is 18.9. The molecule has 0 fully saturated rings. The van der Waals surface area contributed by atoms with E-state index in [9.17, 15) is 0 Å². The molecule has 0 aliphatic rings. The van der Waals surface area contributed by atoms with Crippen LogP contribution in [0.4, 0.5) is 0 Å². The van der Waals surface area contributed by atoms with Crippen molar-refractivity contribution in [1.82, 2.24) is 15.5 Å². The van der Waals surface area contributed by atoms with Crippen molar-refractivity contribution >= 4 is 29.9 Å². The number of nitrogens with zero attached hydrogens (tertiary/aromatic N) is 2. The zero-order valence-corrected chi connectivity index (χ0v) is 21.2. The predicted octanol–water partition coefficient (Wildman–Crippen LogP) is 3.64. The van der Waals surface area contributed by atoms with E-state index in [1.807, 2.05) is 18.2 Å². The molecule has 166 valence electrons. The Bertz CT molecular complexity index is 812. The van der Waals surface area contributed by atoms with Crippen molar-refractivity contribution < 1.29 is 9.47 Å². The number of methoxy groups -OCH3 is 2. The molecule has 0 bridgehead atoms. The minimum absolute atomic E-state index is 0. The molecule has 0 saturated carbocycles. The highest BCUT2D eigenvalue weighted by molar-refractivity contribution is 14.0. The van der Waals surface area contributed by atoms with Crippen molar-refractivity contribution in [2.75, 3.05) is 48.5 Å². The van der Waals surface area contributed by atoms with Crippen molar-refractivity contribution in [1.29, 1.82) is 0 Å². The van der Waals surface area contributed by atoms with Gasteiger partial charge in [-0.25, -0.2) is 0 Å². The van der Waals surface area contributed by atoms with Gasteiger partial charge in [-0.05, 0) is 50.7 Å². The van der Waals surface area contributed by atoms with Gasteiger partial charge in [-0.2, -0.15) is 0 Å². The van der Waals surface area contributed by atoms with Gasteiger partial charge in [0.25, 0.3) is 0 Å². The minimum Gasteiger partial charge on any atom is -0.496 e. The van der Waals surface area contributed by atoms with Crippen LogP contribution in [0.25, 0.3) is 0 Å². The smallest absolute Gasteiger partial charge is 0.191 e. The Labute approximate surface area is 198 Å². The quantitative estimate of drug-likeness (QED) is 0.297. The van der Waals surface area contributed by atoms with Crippen LogP contribution in [0.1, 0.15) is 22.7 Å². The van der Waals surface area contributed by atoms with E-state index >= 15 is 0 Å². The number of benzene rings is 2. The molecule has 7 heteroatoms. The van der Waals surface area contributed by atoms with Crippen LogP contribution in [0.5, 0.6) is 11.5 Å². The van der Waals surface area contributed by atoms with Gasteiger partial charge in [-0.1, -0.05) is 30.3 Å². The number of hydrogen-bond acceptors (Lipinski definition) is 4. The molecule has 0 saturated heterocycles. The summed E-state index contributed by atoms with van der Waals surface area (Å²) in [4.78, 5) is 6.53. The number of ether oxygens (including phenoxy) is 2. The Morgan fingerprint density at radius 2 is 1.73 bits per heavy atom. The molecule has 0 aliphatic carbocycles. The van der Waals surface area contributed by atoms with Crippen molar-refractivity contribution in [2.24, 2.45) is 4.99 Å². The summed E-state index contributed by atoms with van der Waals surface area (Å²) < 4.78 is 11.0. The van der Waals surface area contributed by atoms with Gasteiger partial charge in [0.2, 0.25) is 0 Å². The van der Waals surface area contributed by atoms with Crippen molar-refractivity contribution in [2.45, 2.75) is 19.4 Å². The lowest BCUT2D eigenvalue weighted by atomic mass is 10.0. The van der Waals surface area contributed by atoms with Gasteiger partial charge in [0, 0.05) is 25.7 Å². The molecule has 2 aromatic rings. The SMILES string of the molecule is CN=C(NCCc1ccc(C)c(OC)c1)NCC(c1ccccc1OC)N(C)C.I. The first-order valence-electron chi connectivity index (χ1n) is 9.87. The van der Waals surface area contributed by atoms with Crippen LogP contribution in [-0.4, -0.2) is 59.3 Å². The Morgan fingerprint density at radius 1 is 1.03 bits per heavy atom. The molecule has 2 aromatic carbocycles. The largest absolute Gasteiger partial charge is 0.496 e. The van der Waals surface area contributed by atoms with E-state index in [2.05, 4.69) is 65.8 Å². The third-order valence-corrected chi connectivity index (χ3v) is 4.99. The fourth-order valence-corrected chi connectivity index (χ4v) is 3.27. The molecule has 1 unspecified atom stereocenters. The molecular weight excluding hydrogens is 491 g/mol. The number of guanidine groups is 1. The van der Waals surface area contributed by atoms with Gasteiger partial charge in [0.15, 0.2) is 5.96 Å². The standard InChI is InChI=1S/C23H34N4O2.HI/c1-17-11-12-18(15-22(17)29-6)13-14-25-23(24-2)26-16-20(27(3)4)19-9-7-8-10-21(19)28-5;/h7-12,15,20H,13-14,16H2,1-6H3,(H2,24,25,26);1H. The van der Waals surface area contributed by atoms with E-state index in [1.165, 1.54) is 5.56 Å². The second-order valence-electron chi connectivity index (χ2n) is 7.16. The molecule has 0 radical (unpaired) electrons. The molecule has 2 rings (SSSR count). The second kappa shape index (κ2) is 13.3. The van der Waals surface area contributed by atoms with Crippen molar-refractivity contribution in [3.8, 4) is 11.5 Å². The molecule has 0 amide bonds. The van der Waals surface area contributed by atoms with E-state index in [4.69, 9.17) is 9.47 Å². The summed E-state index contributed by atoms with van der Waals surface area (Å²) in [6.07, 6.45) is 0.890. The van der Waals surface area contributed by atoms with Crippen molar-refractivity contribution in [3.05, 3.63) is 59.2 Å². The number of halogens is 1. The first kappa shape index (κ1) is 26.0. The molecule has 0 heterocycles. The fourth-order valence-electron chi connectivity index (χ4n) is 3.27. The van der Waals surface area contributed by atoms with Gasteiger partial charge in [-0.15, -0.1) is 24.0 Å². The molecule has 0 aromatic heterocycles. The van der Waals surface area contributed by atoms with Crippen LogP contribution in [0.3, 0.4) is 0 Å². The molecule has 2 N–H and O–H groups in total. The lowest BCUT2D eigenvalue weighted by Gasteiger charge is -2.27. The Balaban J connectivity index is 0.00000450. The van der Waals surface area contributed by atoms with Crippen LogP contribution in [0, 0.1) is 6.92 Å². The first-order chi connectivity index (χ1) is 14.0. The van der Waals surface area contributed by atoms with E-state index < -0.39 is 0 Å². The van der Waals surface area contributed by atoms with Crippen LogP contribution in [0.2, 0.25) is 0 Å².